The third kappa shape index (κ3) is 2.48. The molecule has 2 heteroatoms. The first kappa shape index (κ1) is 7.26. The predicted octanol–water partition coefficient (Wildman–Crippen LogP) is 1.35. The molecule has 0 saturated heterocycles. The Morgan fingerprint density at radius 3 is 2.44 bits per heavy atom. The van der Waals surface area contributed by atoms with E-state index in [0.29, 0.717) is 0 Å². The van der Waals surface area contributed by atoms with E-state index >= 15 is 0 Å². The van der Waals surface area contributed by atoms with E-state index in [1.165, 1.54) is 11.6 Å². The van der Waals surface area contributed by atoms with Crippen molar-refractivity contribution in [3.05, 3.63) is 35.9 Å². The fourth-order valence-corrected chi connectivity index (χ4v) is 2.09. The van der Waals surface area contributed by atoms with Gasteiger partial charge < -0.3 is 0 Å². The maximum atomic E-state index is 2.23. The van der Waals surface area contributed by atoms with Crippen LogP contribution in [0.15, 0.2) is 30.3 Å². The van der Waals surface area contributed by atoms with Crippen molar-refractivity contribution in [2.45, 2.75) is 6.04 Å². The van der Waals surface area contributed by atoms with Gasteiger partial charge in [-0.3, -0.25) is 0 Å². The summed E-state index contributed by atoms with van der Waals surface area (Å²) in [6.45, 7) is 1.04. The molecule has 0 bridgehead atoms. The van der Waals surface area contributed by atoms with E-state index in [4.69, 9.17) is 0 Å². The molecule has 9 heavy (non-hydrogen) atoms. The van der Waals surface area contributed by atoms with Crippen LogP contribution in [0.5, 0.6) is 0 Å². The summed E-state index contributed by atoms with van der Waals surface area (Å²) < 4.78 is 0. The molecule has 0 N–H and O–H groups in total. The number of rotatable bonds is 2. The molecule has 0 amide bonds. The normalized spacial score (nSPS) is 9.11. The van der Waals surface area contributed by atoms with E-state index < -0.39 is 0 Å². The van der Waals surface area contributed by atoms with Gasteiger partial charge >= 0.3 is 68.0 Å². The van der Waals surface area contributed by atoms with Crippen molar-refractivity contribution in [3.63, 3.8) is 0 Å². The molecule has 1 radical (unpaired) electrons. The van der Waals surface area contributed by atoms with Gasteiger partial charge in [-0.2, -0.15) is 0 Å². The second-order valence-electron chi connectivity index (χ2n) is 1.84. The zero-order valence-electron chi connectivity index (χ0n) is 5.09. The summed E-state index contributed by atoms with van der Waals surface area (Å²) >= 11 is 2.23. The van der Waals surface area contributed by atoms with Gasteiger partial charge in [0.1, 0.15) is 0 Å². The second kappa shape index (κ2) is 4.05. The Morgan fingerprint density at radius 2 is 1.89 bits per heavy atom. The van der Waals surface area contributed by atoms with Crippen molar-refractivity contribution in [1.82, 2.24) is 0 Å². The minimum absolute atomic E-state index is 1.04. The molecule has 0 saturated carbocycles. The molecule has 0 aromatic heterocycles. The van der Waals surface area contributed by atoms with Gasteiger partial charge in [0.2, 0.25) is 0 Å². The molecular formula is C7H7SiTi+2. The molecule has 0 atom stereocenters. The van der Waals surface area contributed by atoms with Gasteiger partial charge in [0, 0.05) is 0 Å². The monoisotopic (exact) mass is 167 g/mol. The van der Waals surface area contributed by atoms with Crippen molar-refractivity contribution < 1.29 is 19.2 Å². The molecule has 1 aromatic rings. The fourth-order valence-electron chi connectivity index (χ4n) is 0.698. The SMILES string of the molecule is [Ti+2]=[Si]Cc1ccccc1. The quantitative estimate of drug-likeness (QED) is 0.583. The van der Waals surface area contributed by atoms with Crippen LogP contribution in [-0.4, -0.2) is 6.91 Å². The zero-order chi connectivity index (χ0) is 6.53. The Morgan fingerprint density at radius 1 is 1.22 bits per heavy atom. The molecule has 0 spiro atoms. The standard InChI is InChI=1S/C7H7Si.Ti/c8-6-7-4-2-1-3-5-7;/h1-5H,6H2;/q;+2. The third-order valence-corrected chi connectivity index (χ3v) is 2.55. The summed E-state index contributed by atoms with van der Waals surface area (Å²) in [7, 11) is 0. The van der Waals surface area contributed by atoms with Crippen molar-refractivity contribution in [2.75, 3.05) is 0 Å². The average Bonchev–Trinajstić information content (AvgIpc) is 1.91. The summed E-state index contributed by atoms with van der Waals surface area (Å²) in [6.07, 6.45) is 0. The number of benzene rings is 1. The van der Waals surface area contributed by atoms with Crippen LogP contribution in [-0.2, 0) is 25.2 Å². The molecule has 1 rings (SSSR count). The molecule has 0 aliphatic rings. The molecule has 0 unspecified atom stereocenters. The Balaban J connectivity index is 2.72. The van der Waals surface area contributed by atoms with Crippen LogP contribution in [0.3, 0.4) is 0 Å². The van der Waals surface area contributed by atoms with E-state index in [0.717, 1.165) is 6.91 Å². The second-order valence-corrected chi connectivity index (χ2v) is 4.20. The Hall–Kier alpha value is 0.151. The van der Waals surface area contributed by atoms with Gasteiger partial charge in [-0.1, -0.05) is 0 Å². The van der Waals surface area contributed by atoms with Crippen molar-refractivity contribution in [3.8, 4) is 0 Å². The van der Waals surface area contributed by atoms with Gasteiger partial charge in [-0.15, -0.1) is 0 Å². The summed E-state index contributed by atoms with van der Waals surface area (Å²) in [5, 5.41) is 0. The Kier molecular flexibility index (Phi) is 3.26. The summed E-state index contributed by atoms with van der Waals surface area (Å²) in [6, 6.07) is 11.8. The molecule has 41 valence electrons. The Labute approximate surface area is 68.1 Å². The van der Waals surface area contributed by atoms with Crippen LogP contribution >= 0.6 is 0 Å². The molecule has 0 fully saturated rings. The zero-order valence-corrected chi connectivity index (χ0v) is 7.66. The molecule has 0 nitrogen and oxygen atoms in total. The van der Waals surface area contributed by atoms with Crippen LogP contribution in [0.4, 0.5) is 0 Å². The van der Waals surface area contributed by atoms with Gasteiger partial charge in [0.25, 0.3) is 0 Å². The minimum atomic E-state index is 1.04. The van der Waals surface area contributed by atoms with Crippen molar-refractivity contribution in [1.29, 1.82) is 0 Å². The topological polar surface area (TPSA) is 0 Å². The van der Waals surface area contributed by atoms with Crippen LogP contribution in [0.25, 0.3) is 0 Å². The van der Waals surface area contributed by atoms with E-state index in [2.05, 4.69) is 49.5 Å². The van der Waals surface area contributed by atoms with Crippen LogP contribution in [0.2, 0.25) is 0 Å². The van der Waals surface area contributed by atoms with E-state index in [1.807, 2.05) is 0 Å². The third-order valence-electron chi connectivity index (χ3n) is 1.14. The first-order valence-corrected chi connectivity index (χ1v) is 6.42. The molecule has 0 aliphatic heterocycles. The Bertz CT molecular complexity index is 183. The summed E-state index contributed by atoms with van der Waals surface area (Å²) in [5.74, 6) is 0. The van der Waals surface area contributed by atoms with Crippen LogP contribution in [0, 0.1) is 0 Å². The van der Waals surface area contributed by atoms with Gasteiger partial charge in [-0.05, 0) is 0 Å². The van der Waals surface area contributed by atoms with E-state index in [-0.39, 0.29) is 0 Å². The van der Waals surface area contributed by atoms with Crippen molar-refractivity contribution >= 4 is 6.91 Å². The first-order chi connectivity index (χ1) is 4.43. The first-order valence-electron chi connectivity index (χ1n) is 2.87. The van der Waals surface area contributed by atoms with Crippen LogP contribution < -0.4 is 0 Å². The summed E-state index contributed by atoms with van der Waals surface area (Å²) in [4.78, 5) is 0. The van der Waals surface area contributed by atoms with Crippen LogP contribution in [0.1, 0.15) is 5.56 Å². The van der Waals surface area contributed by atoms with Gasteiger partial charge in [0.05, 0.1) is 0 Å². The number of hydrogen-bond acceptors (Lipinski definition) is 0. The van der Waals surface area contributed by atoms with Gasteiger partial charge in [-0.25, -0.2) is 0 Å². The van der Waals surface area contributed by atoms with E-state index in [1.54, 1.807) is 0 Å². The fraction of sp³-hybridized carbons (Fsp3) is 0.143. The molecular weight excluding hydrogens is 160 g/mol. The molecule has 1 aromatic carbocycles. The van der Waals surface area contributed by atoms with Crippen molar-refractivity contribution in [2.24, 2.45) is 0 Å². The average molecular weight is 167 g/mol. The number of hydrogen-bond donors (Lipinski definition) is 0. The van der Waals surface area contributed by atoms with Gasteiger partial charge in [0.15, 0.2) is 0 Å². The molecule has 0 heterocycles. The summed E-state index contributed by atoms with van der Waals surface area (Å²) in [5.41, 5.74) is 1.46. The predicted molar refractivity (Wildman–Crippen MR) is 35.9 cm³/mol. The van der Waals surface area contributed by atoms with E-state index in [9.17, 15) is 0 Å². The maximum absolute atomic E-state index is 2.23. The molecule has 0 aliphatic carbocycles.